The molecule has 2 aromatic rings. The summed E-state index contributed by atoms with van der Waals surface area (Å²) in [6.07, 6.45) is 5.20. The third kappa shape index (κ3) is 4.24. The van der Waals surface area contributed by atoms with Crippen LogP contribution in [0.4, 0.5) is 5.69 Å². The van der Waals surface area contributed by atoms with Gasteiger partial charge in [0.2, 0.25) is 5.91 Å². The molecule has 1 saturated carbocycles. The largest absolute Gasteiger partial charge is 0.459 e. The van der Waals surface area contributed by atoms with E-state index >= 15 is 0 Å². The maximum absolute atomic E-state index is 12.8. The maximum atomic E-state index is 12.8. The van der Waals surface area contributed by atoms with E-state index in [4.69, 9.17) is 4.42 Å². The number of nitrogens with zero attached hydrogens (tertiary/aromatic N) is 1. The van der Waals surface area contributed by atoms with Crippen LogP contribution in [-0.4, -0.2) is 41.8 Å². The number of carbonyl (C=O) groups excluding carboxylic acids is 3. The number of piperidine rings is 1. The van der Waals surface area contributed by atoms with Crippen molar-refractivity contribution in [2.24, 2.45) is 5.92 Å². The number of carbonyl (C=O) groups is 3. The number of hydrogen-bond acceptors (Lipinski definition) is 4. The van der Waals surface area contributed by atoms with Crippen molar-refractivity contribution in [3.8, 4) is 0 Å². The van der Waals surface area contributed by atoms with Gasteiger partial charge in [-0.2, -0.15) is 0 Å². The lowest BCUT2D eigenvalue weighted by Gasteiger charge is -2.32. The number of hydrogen-bond donors (Lipinski definition) is 2. The molecule has 1 atom stereocenters. The zero-order chi connectivity index (χ0) is 19.5. The second-order valence-corrected chi connectivity index (χ2v) is 7.38. The van der Waals surface area contributed by atoms with Crippen LogP contribution in [-0.2, 0) is 4.79 Å². The molecule has 2 heterocycles. The number of anilines is 1. The first-order valence-corrected chi connectivity index (χ1v) is 9.65. The zero-order valence-electron chi connectivity index (χ0n) is 15.5. The molecule has 2 fully saturated rings. The molecule has 1 aromatic heterocycles. The highest BCUT2D eigenvalue weighted by Crippen LogP contribution is 2.23. The Balaban J connectivity index is 1.36. The molecule has 146 valence electrons. The molecule has 0 bridgehead atoms. The van der Waals surface area contributed by atoms with Crippen molar-refractivity contribution in [3.05, 3.63) is 54.0 Å². The van der Waals surface area contributed by atoms with E-state index in [2.05, 4.69) is 10.6 Å². The van der Waals surface area contributed by atoms with Crippen molar-refractivity contribution in [2.45, 2.75) is 31.7 Å². The monoisotopic (exact) mass is 381 g/mol. The van der Waals surface area contributed by atoms with Crippen LogP contribution in [0, 0.1) is 5.92 Å². The van der Waals surface area contributed by atoms with Gasteiger partial charge >= 0.3 is 0 Å². The normalized spacial score (nSPS) is 19.1. The smallest absolute Gasteiger partial charge is 0.291 e. The van der Waals surface area contributed by atoms with Gasteiger partial charge in [0.25, 0.3) is 11.8 Å². The van der Waals surface area contributed by atoms with Crippen LogP contribution in [0.3, 0.4) is 0 Å². The Bertz CT molecular complexity index is 856. The summed E-state index contributed by atoms with van der Waals surface area (Å²) in [6.45, 7) is 1.11. The van der Waals surface area contributed by atoms with E-state index in [1.165, 1.54) is 6.26 Å². The summed E-state index contributed by atoms with van der Waals surface area (Å²) < 4.78 is 5.06. The SMILES string of the molecule is O=C(Nc1ccc(C(=O)N2CCCC(C(=O)NC3CC3)C2)cc1)c1ccco1. The lowest BCUT2D eigenvalue weighted by atomic mass is 9.96. The van der Waals surface area contributed by atoms with Crippen molar-refractivity contribution < 1.29 is 18.8 Å². The fourth-order valence-corrected chi connectivity index (χ4v) is 3.40. The van der Waals surface area contributed by atoms with Crippen LogP contribution in [0.2, 0.25) is 0 Å². The number of amides is 3. The Hall–Kier alpha value is -3.09. The van der Waals surface area contributed by atoms with Gasteiger partial charge in [0, 0.05) is 30.4 Å². The fraction of sp³-hybridized carbons (Fsp3) is 0.381. The molecular weight excluding hydrogens is 358 g/mol. The Morgan fingerprint density at radius 1 is 1.04 bits per heavy atom. The number of furan rings is 1. The predicted octanol–water partition coefficient (Wildman–Crippen LogP) is 2.66. The van der Waals surface area contributed by atoms with E-state index in [0.29, 0.717) is 30.4 Å². The van der Waals surface area contributed by atoms with E-state index in [-0.39, 0.29) is 29.4 Å². The van der Waals surface area contributed by atoms with Gasteiger partial charge in [0.05, 0.1) is 12.2 Å². The number of rotatable bonds is 5. The van der Waals surface area contributed by atoms with Crippen molar-refractivity contribution >= 4 is 23.4 Å². The Kier molecular flexibility index (Phi) is 5.14. The highest BCUT2D eigenvalue weighted by atomic mass is 16.3. The second kappa shape index (κ2) is 7.88. The summed E-state index contributed by atoms with van der Waals surface area (Å²) in [5.74, 6) is -0.275. The number of likely N-dealkylation sites (tertiary alicyclic amines) is 1. The summed E-state index contributed by atoms with van der Waals surface area (Å²) in [5, 5.41) is 5.76. The molecule has 7 nitrogen and oxygen atoms in total. The molecule has 3 amide bonds. The van der Waals surface area contributed by atoms with Crippen LogP contribution in [0.25, 0.3) is 0 Å². The van der Waals surface area contributed by atoms with Crippen molar-refractivity contribution in [1.82, 2.24) is 10.2 Å². The fourth-order valence-electron chi connectivity index (χ4n) is 3.40. The molecular formula is C21H23N3O4. The average Bonchev–Trinajstić information content (AvgIpc) is 3.36. The molecule has 0 radical (unpaired) electrons. The van der Waals surface area contributed by atoms with Crippen LogP contribution >= 0.6 is 0 Å². The summed E-state index contributed by atoms with van der Waals surface area (Å²) in [4.78, 5) is 38.9. The van der Waals surface area contributed by atoms with Crippen molar-refractivity contribution in [3.63, 3.8) is 0 Å². The molecule has 1 saturated heterocycles. The quantitative estimate of drug-likeness (QED) is 0.833. The summed E-state index contributed by atoms with van der Waals surface area (Å²) >= 11 is 0. The molecule has 2 N–H and O–H groups in total. The highest BCUT2D eigenvalue weighted by molar-refractivity contribution is 6.02. The third-order valence-electron chi connectivity index (χ3n) is 5.14. The van der Waals surface area contributed by atoms with E-state index in [1.807, 2.05) is 0 Å². The molecule has 2 aliphatic rings. The van der Waals surface area contributed by atoms with Gasteiger partial charge in [-0.1, -0.05) is 0 Å². The third-order valence-corrected chi connectivity index (χ3v) is 5.14. The van der Waals surface area contributed by atoms with Crippen LogP contribution in [0.15, 0.2) is 47.1 Å². The average molecular weight is 381 g/mol. The minimum atomic E-state index is -0.343. The van der Waals surface area contributed by atoms with Gasteiger partial charge in [-0.05, 0) is 62.1 Å². The molecule has 1 aliphatic heterocycles. The Morgan fingerprint density at radius 2 is 1.82 bits per heavy atom. The summed E-state index contributed by atoms with van der Waals surface area (Å²) in [7, 11) is 0. The lowest BCUT2D eigenvalue weighted by Crippen LogP contribution is -2.45. The molecule has 1 aromatic carbocycles. The van der Waals surface area contributed by atoms with Crippen LogP contribution in [0.1, 0.15) is 46.6 Å². The first-order valence-electron chi connectivity index (χ1n) is 9.65. The Morgan fingerprint density at radius 3 is 2.50 bits per heavy atom. The molecule has 28 heavy (non-hydrogen) atoms. The predicted molar refractivity (Wildman–Crippen MR) is 103 cm³/mol. The molecule has 4 rings (SSSR count). The van der Waals surface area contributed by atoms with E-state index in [1.54, 1.807) is 41.3 Å². The minimum Gasteiger partial charge on any atom is -0.459 e. The minimum absolute atomic E-state index is 0.0657. The molecule has 1 unspecified atom stereocenters. The van der Waals surface area contributed by atoms with E-state index < -0.39 is 0 Å². The van der Waals surface area contributed by atoms with Crippen LogP contribution < -0.4 is 10.6 Å². The molecule has 0 spiro atoms. The van der Waals surface area contributed by atoms with E-state index in [9.17, 15) is 14.4 Å². The van der Waals surface area contributed by atoms with Crippen molar-refractivity contribution in [1.29, 1.82) is 0 Å². The van der Waals surface area contributed by atoms with Gasteiger partial charge in [-0.15, -0.1) is 0 Å². The first kappa shape index (κ1) is 18.3. The van der Waals surface area contributed by atoms with Gasteiger partial charge in [0.1, 0.15) is 0 Å². The first-order chi connectivity index (χ1) is 13.6. The van der Waals surface area contributed by atoms with Gasteiger partial charge < -0.3 is 20.0 Å². The van der Waals surface area contributed by atoms with Crippen molar-refractivity contribution in [2.75, 3.05) is 18.4 Å². The molecule has 7 heteroatoms. The van der Waals surface area contributed by atoms with Gasteiger partial charge in [-0.3, -0.25) is 14.4 Å². The maximum Gasteiger partial charge on any atom is 0.291 e. The van der Waals surface area contributed by atoms with Gasteiger partial charge in [-0.25, -0.2) is 0 Å². The van der Waals surface area contributed by atoms with E-state index in [0.717, 1.165) is 25.7 Å². The standard InChI is InChI=1S/C21H23N3O4/c25-19(22-17-9-10-17)15-3-1-11-24(13-15)21(27)14-5-7-16(8-6-14)23-20(26)18-4-2-12-28-18/h2,4-8,12,15,17H,1,3,9-11,13H2,(H,22,25)(H,23,26). The highest BCUT2D eigenvalue weighted by Gasteiger charge is 2.32. The number of benzene rings is 1. The Labute approximate surface area is 163 Å². The zero-order valence-corrected chi connectivity index (χ0v) is 15.5. The lowest BCUT2D eigenvalue weighted by molar-refractivity contribution is -0.126. The van der Waals surface area contributed by atoms with Crippen LogP contribution in [0.5, 0.6) is 0 Å². The molecule has 1 aliphatic carbocycles. The second-order valence-electron chi connectivity index (χ2n) is 7.38. The summed E-state index contributed by atoms with van der Waals surface area (Å²) in [6, 6.07) is 10.3. The number of nitrogens with one attached hydrogen (secondary N) is 2. The topological polar surface area (TPSA) is 91.7 Å². The van der Waals surface area contributed by atoms with Gasteiger partial charge in [0.15, 0.2) is 5.76 Å². The summed E-state index contributed by atoms with van der Waals surface area (Å²) in [5.41, 5.74) is 1.12.